The molecule has 1 rings (SSSR count). The lowest BCUT2D eigenvalue weighted by atomic mass is 10.2. The smallest absolute Gasteiger partial charge is 0.0376 e. The molecule has 0 spiro atoms. The Bertz CT molecular complexity index is 126. The number of allylic oxidation sites excluding steroid dienone is 1. The molecule has 0 aromatic carbocycles. The molecule has 0 saturated heterocycles. The molecule has 1 heteroatoms. The van der Waals surface area contributed by atoms with Crippen LogP contribution in [0.15, 0.2) is 29.4 Å². The van der Waals surface area contributed by atoms with Crippen molar-refractivity contribution >= 4 is 6.21 Å². The number of aliphatic imine (C=N–C) groups is 1. The van der Waals surface area contributed by atoms with Crippen LogP contribution in [-0.4, -0.2) is 6.21 Å². The maximum absolute atomic E-state index is 3.90. The molecule has 0 atom stereocenters. The van der Waals surface area contributed by atoms with Crippen molar-refractivity contribution in [2.75, 3.05) is 0 Å². The summed E-state index contributed by atoms with van der Waals surface area (Å²) in [5.41, 5.74) is 1.98. The molecular weight excluding hydrogens is 86.1 g/mol. The highest BCUT2D eigenvalue weighted by molar-refractivity contribution is 5.82. The maximum atomic E-state index is 3.90. The van der Waals surface area contributed by atoms with Crippen LogP contribution in [0.25, 0.3) is 0 Å². The minimum Gasteiger partial charge on any atom is -0.261 e. The van der Waals surface area contributed by atoms with Gasteiger partial charge in [-0.25, -0.2) is 0 Å². The van der Waals surface area contributed by atoms with Crippen LogP contribution in [0, 0.1) is 0 Å². The van der Waals surface area contributed by atoms with Gasteiger partial charge in [-0.05, 0) is 5.57 Å². The molecule has 0 aromatic heterocycles. The minimum absolute atomic E-state index is 0.861. The molecule has 1 aliphatic rings. The van der Waals surface area contributed by atoms with Gasteiger partial charge in [-0.1, -0.05) is 13.2 Å². The Labute approximate surface area is 43.1 Å². The number of rotatable bonds is 0. The summed E-state index contributed by atoms with van der Waals surface area (Å²) >= 11 is 0. The minimum atomic E-state index is 0.861. The quantitative estimate of drug-likeness (QED) is 0.430. The highest BCUT2D eigenvalue weighted by Crippen LogP contribution is 2.12. The largest absolute Gasteiger partial charge is 0.261 e. The van der Waals surface area contributed by atoms with E-state index in [9.17, 15) is 0 Å². The summed E-state index contributed by atoms with van der Waals surface area (Å²) in [4.78, 5) is 3.90. The van der Waals surface area contributed by atoms with Gasteiger partial charge in [-0.3, -0.25) is 4.99 Å². The van der Waals surface area contributed by atoms with Gasteiger partial charge >= 0.3 is 0 Å². The first-order valence-corrected chi connectivity index (χ1v) is 2.18. The summed E-state index contributed by atoms with van der Waals surface area (Å²) < 4.78 is 0. The van der Waals surface area contributed by atoms with E-state index >= 15 is 0 Å². The van der Waals surface area contributed by atoms with Crippen LogP contribution in [0.5, 0.6) is 0 Å². The zero-order valence-corrected chi connectivity index (χ0v) is 4.15. The Kier molecular flexibility index (Phi) is 0.823. The van der Waals surface area contributed by atoms with Crippen molar-refractivity contribution in [2.45, 2.75) is 6.42 Å². The lowest BCUT2D eigenvalue weighted by Crippen LogP contribution is -1.68. The van der Waals surface area contributed by atoms with Crippen LogP contribution in [-0.2, 0) is 0 Å². The van der Waals surface area contributed by atoms with Crippen LogP contribution < -0.4 is 0 Å². The van der Waals surface area contributed by atoms with Crippen LogP contribution >= 0.6 is 0 Å². The lowest BCUT2D eigenvalue weighted by molar-refractivity contribution is 1.22. The number of hydrogen-bond donors (Lipinski definition) is 0. The van der Waals surface area contributed by atoms with Crippen LogP contribution in [0.1, 0.15) is 6.42 Å². The molecule has 0 aromatic rings. The first-order valence-electron chi connectivity index (χ1n) is 2.18. The number of hydrogen-bond acceptors (Lipinski definition) is 1. The highest BCUT2D eigenvalue weighted by Gasteiger charge is 1.99. The Morgan fingerprint density at radius 1 is 1.57 bits per heavy atom. The molecule has 1 heterocycles. The predicted octanol–water partition coefficient (Wildman–Crippen LogP) is 1.53. The van der Waals surface area contributed by atoms with Crippen molar-refractivity contribution in [1.82, 2.24) is 0 Å². The second-order valence-corrected chi connectivity index (χ2v) is 1.66. The fourth-order valence-electron chi connectivity index (χ4n) is 0.536. The van der Waals surface area contributed by atoms with Crippen molar-refractivity contribution < 1.29 is 0 Å². The first kappa shape index (κ1) is 4.31. The van der Waals surface area contributed by atoms with E-state index in [0.717, 1.165) is 17.7 Å². The molecular formula is C6H7N. The zero-order chi connectivity index (χ0) is 5.28. The van der Waals surface area contributed by atoms with Gasteiger partial charge in [0.25, 0.3) is 0 Å². The molecule has 0 amide bonds. The molecule has 0 aliphatic carbocycles. The monoisotopic (exact) mass is 93.1 g/mol. The van der Waals surface area contributed by atoms with E-state index in [1.54, 1.807) is 6.21 Å². The highest BCUT2D eigenvalue weighted by atomic mass is 14.8. The van der Waals surface area contributed by atoms with E-state index in [0.29, 0.717) is 0 Å². The standard InChI is InChI=1S/C6H7N/c1-5-3-6(2)7-4-5/h4H,1-3H2. The molecule has 0 radical (unpaired) electrons. The lowest BCUT2D eigenvalue weighted by Gasteiger charge is -1.81. The fraction of sp³-hybridized carbons (Fsp3) is 0.167. The summed E-state index contributed by atoms with van der Waals surface area (Å²) in [6, 6.07) is 0. The summed E-state index contributed by atoms with van der Waals surface area (Å²) in [5, 5.41) is 0. The van der Waals surface area contributed by atoms with Crippen molar-refractivity contribution in [3.63, 3.8) is 0 Å². The normalized spacial score (nSPS) is 18.9. The Morgan fingerprint density at radius 2 is 2.29 bits per heavy atom. The summed E-state index contributed by atoms with van der Waals surface area (Å²) in [6.07, 6.45) is 2.61. The van der Waals surface area contributed by atoms with E-state index in [1.807, 2.05) is 0 Å². The third kappa shape index (κ3) is 0.769. The Balaban J connectivity index is 2.76. The third-order valence-electron chi connectivity index (χ3n) is 0.861. The molecule has 1 nitrogen and oxygen atoms in total. The van der Waals surface area contributed by atoms with Gasteiger partial charge in [-0.15, -0.1) is 0 Å². The summed E-state index contributed by atoms with van der Waals surface area (Å²) in [7, 11) is 0. The van der Waals surface area contributed by atoms with E-state index in [1.165, 1.54) is 0 Å². The Morgan fingerprint density at radius 3 is 2.43 bits per heavy atom. The van der Waals surface area contributed by atoms with Crippen molar-refractivity contribution in [2.24, 2.45) is 4.99 Å². The van der Waals surface area contributed by atoms with Crippen molar-refractivity contribution in [3.8, 4) is 0 Å². The second kappa shape index (κ2) is 1.34. The topological polar surface area (TPSA) is 12.4 Å². The van der Waals surface area contributed by atoms with Gasteiger partial charge < -0.3 is 0 Å². The number of nitrogens with zero attached hydrogens (tertiary/aromatic N) is 1. The molecule has 0 saturated carbocycles. The third-order valence-corrected chi connectivity index (χ3v) is 0.861. The molecule has 1 aliphatic heterocycles. The molecule has 0 N–H and O–H groups in total. The van der Waals surface area contributed by atoms with Crippen LogP contribution in [0.4, 0.5) is 0 Å². The van der Waals surface area contributed by atoms with Gasteiger partial charge in [0.2, 0.25) is 0 Å². The molecule has 0 unspecified atom stereocenters. The van der Waals surface area contributed by atoms with E-state index in [4.69, 9.17) is 0 Å². The van der Waals surface area contributed by atoms with Gasteiger partial charge in [-0.2, -0.15) is 0 Å². The molecule has 36 valence electrons. The first-order chi connectivity index (χ1) is 3.29. The summed E-state index contributed by atoms with van der Waals surface area (Å²) in [6.45, 7) is 7.34. The van der Waals surface area contributed by atoms with Gasteiger partial charge in [0.15, 0.2) is 0 Å². The van der Waals surface area contributed by atoms with E-state index in [2.05, 4.69) is 18.2 Å². The van der Waals surface area contributed by atoms with Crippen molar-refractivity contribution in [3.05, 3.63) is 24.4 Å². The SMILES string of the molecule is C=C1C=NC(=C)C1. The van der Waals surface area contributed by atoms with Gasteiger partial charge in [0.05, 0.1) is 0 Å². The Hall–Kier alpha value is -0.850. The van der Waals surface area contributed by atoms with Gasteiger partial charge in [0, 0.05) is 18.3 Å². The van der Waals surface area contributed by atoms with E-state index in [-0.39, 0.29) is 0 Å². The molecule has 7 heavy (non-hydrogen) atoms. The zero-order valence-electron chi connectivity index (χ0n) is 4.15. The maximum Gasteiger partial charge on any atom is 0.0376 e. The van der Waals surface area contributed by atoms with Crippen molar-refractivity contribution in [1.29, 1.82) is 0 Å². The van der Waals surface area contributed by atoms with E-state index < -0.39 is 0 Å². The van der Waals surface area contributed by atoms with Gasteiger partial charge in [0.1, 0.15) is 0 Å². The summed E-state index contributed by atoms with van der Waals surface area (Å²) in [5.74, 6) is 0. The average Bonchev–Trinajstić information content (AvgIpc) is 1.87. The second-order valence-electron chi connectivity index (χ2n) is 1.66. The van der Waals surface area contributed by atoms with Crippen LogP contribution in [0.2, 0.25) is 0 Å². The molecule has 0 bridgehead atoms. The fourth-order valence-corrected chi connectivity index (χ4v) is 0.536. The predicted molar refractivity (Wildman–Crippen MR) is 31.4 cm³/mol. The molecule has 0 fully saturated rings. The average molecular weight is 93.1 g/mol. The van der Waals surface area contributed by atoms with Crippen LogP contribution in [0.3, 0.4) is 0 Å².